The molecule has 1 aliphatic rings. The molecule has 290 valence electrons. The number of hydrogen-bond acceptors (Lipinski definition) is 4. The molecule has 0 amide bonds. The van der Waals surface area contributed by atoms with E-state index < -0.39 is 5.41 Å². The van der Waals surface area contributed by atoms with Crippen LogP contribution in [0.5, 0.6) is 0 Å². The third-order valence-electron chi connectivity index (χ3n) is 12.4. The van der Waals surface area contributed by atoms with Gasteiger partial charge in [-0.15, -0.1) is 0 Å². The van der Waals surface area contributed by atoms with Crippen LogP contribution in [0.4, 0.5) is 0 Å². The van der Waals surface area contributed by atoms with Crippen LogP contribution in [-0.4, -0.2) is 15.0 Å². The summed E-state index contributed by atoms with van der Waals surface area (Å²) in [6.07, 6.45) is 0. The number of hydrogen-bond donors (Lipinski definition) is 0. The quantitative estimate of drug-likeness (QED) is 0.161. The van der Waals surface area contributed by atoms with Crippen LogP contribution in [0, 0.1) is 0 Å². The monoisotopic (exact) mass is 791 g/mol. The van der Waals surface area contributed by atoms with E-state index in [1.165, 1.54) is 33.4 Å². The largest absolute Gasteiger partial charge is 0.456 e. The molecule has 4 nitrogen and oxygen atoms in total. The molecular weight excluding hydrogens is 755 g/mol. The van der Waals surface area contributed by atoms with Crippen LogP contribution in [0.3, 0.4) is 0 Å². The first-order chi connectivity index (χ1) is 30.7. The molecule has 2 aromatic heterocycles. The highest BCUT2D eigenvalue weighted by molar-refractivity contribution is 6.06. The maximum atomic E-state index is 6.78. The summed E-state index contributed by atoms with van der Waals surface area (Å²) in [5.74, 6) is 1.88. The normalized spacial score (nSPS) is 12.6. The molecule has 2 heterocycles. The van der Waals surface area contributed by atoms with Gasteiger partial charge in [-0.3, -0.25) is 0 Å². The molecule has 12 rings (SSSR count). The summed E-state index contributed by atoms with van der Waals surface area (Å²) in [4.78, 5) is 15.0. The summed E-state index contributed by atoms with van der Waals surface area (Å²) < 4.78 is 6.78. The van der Waals surface area contributed by atoms with E-state index in [9.17, 15) is 0 Å². The average molecular weight is 792 g/mol. The van der Waals surface area contributed by atoms with Gasteiger partial charge in [0, 0.05) is 27.5 Å². The van der Waals surface area contributed by atoms with E-state index >= 15 is 0 Å². The van der Waals surface area contributed by atoms with Gasteiger partial charge in [-0.05, 0) is 79.9 Å². The molecule has 11 aromatic rings. The van der Waals surface area contributed by atoms with Gasteiger partial charge < -0.3 is 4.42 Å². The fraction of sp³-hybridized carbons (Fsp3) is 0.0172. The first-order valence-electron chi connectivity index (χ1n) is 21.0. The molecule has 0 radical (unpaired) electrons. The molecule has 4 heteroatoms. The van der Waals surface area contributed by atoms with Crippen molar-refractivity contribution in [1.82, 2.24) is 15.0 Å². The molecule has 62 heavy (non-hydrogen) atoms. The Bertz CT molecular complexity index is 3400. The molecule has 0 saturated heterocycles. The van der Waals surface area contributed by atoms with Crippen molar-refractivity contribution in [3.63, 3.8) is 0 Å². The number of aromatic nitrogens is 3. The maximum Gasteiger partial charge on any atom is 0.164 e. The molecule has 0 fully saturated rings. The first-order valence-corrected chi connectivity index (χ1v) is 21.0. The van der Waals surface area contributed by atoms with E-state index in [4.69, 9.17) is 19.4 Å². The summed E-state index contributed by atoms with van der Waals surface area (Å²) >= 11 is 0. The van der Waals surface area contributed by atoms with Gasteiger partial charge >= 0.3 is 0 Å². The Kier molecular flexibility index (Phi) is 8.36. The van der Waals surface area contributed by atoms with Crippen LogP contribution in [-0.2, 0) is 5.41 Å². The second-order valence-corrected chi connectivity index (χ2v) is 15.9. The van der Waals surface area contributed by atoms with Gasteiger partial charge in [-0.25, -0.2) is 15.0 Å². The highest BCUT2D eigenvalue weighted by Gasteiger charge is 2.46. The van der Waals surface area contributed by atoms with E-state index in [1.807, 2.05) is 36.4 Å². The summed E-state index contributed by atoms with van der Waals surface area (Å²) in [7, 11) is 0. The number of rotatable bonds is 7. The Labute approximate surface area is 359 Å². The van der Waals surface area contributed by atoms with Gasteiger partial charge in [0.1, 0.15) is 11.2 Å². The lowest BCUT2D eigenvalue weighted by Crippen LogP contribution is -2.28. The highest BCUT2D eigenvalue weighted by Crippen LogP contribution is 2.56. The predicted molar refractivity (Wildman–Crippen MR) is 252 cm³/mol. The van der Waals surface area contributed by atoms with E-state index in [-0.39, 0.29) is 0 Å². The zero-order chi connectivity index (χ0) is 41.0. The van der Waals surface area contributed by atoms with Crippen LogP contribution in [0.15, 0.2) is 229 Å². The van der Waals surface area contributed by atoms with Crippen molar-refractivity contribution in [3.8, 4) is 67.5 Å². The molecule has 0 aliphatic heterocycles. The lowest BCUT2D eigenvalue weighted by molar-refractivity contribution is 0.666. The molecule has 0 N–H and O–H groups in total. The minimum atomic E-state index is -0.484. The average Bonchev–Trinajstić information content (AvgIpc) is 3.88. The van der Waals surface area contributed by atoms with Gasteiger partial charge in [-0.1, -0.05) is 200 Å². The third kappa shape index (κ3) is 5.80. The van der Waals surface area contributed by atoms with E-state index in [1.54, 1.807) is 0 Å². The number of furan rings is 1. The van der Waals surface area contributed by atoms with Gasteiger partial charge in [-0.2, -0.15) is 0 Å². The summed E-state index contributed by atoms with van der Waals surface area (Å²) in [5.41, 5.74) is 16.0. The molecule has 9 aromatic carbocycles. The van der Waals surface area contributed by atoms with Crippen LogP contribution < -0.4 is 0 Å². The second kappa shape index (κ2) is 14.5. The topological polar surface area (TPSA) is 51.8 Å². The van der Waals surface area contributed by atoms with Crippen molar-refractivity contribution in [2.24, 2.45) is 0 Å². The van der Waals surface area contributed by atoms with Crippen molar-refractivity contribution in [1.29, 1.82) is 0 Å². The fourth-order valence-corrected chi connectivity index (χ4v) is 9.53. The second-order valence-electron chi connectivity index (χ2n) is 15.9. The Balaban J connectivity index is 0.918. The van der Waals surface area contributed by atoms with E-state index in [2.05, 4.69) is 188 Å². The maximum absolute atomic E-state index is 6.78. The minimum absolute atomic E-state index is 0.484. The van der Waals surface area contributed by atoms with Crippen LogP contribution >= 0.6 is 0 Å². The first kappa shape index (κ1) is 35.7. The van der Waals surface area contributed by atoms with Gasteiger partial charge in [0.05, 0.1) is 5.41 Å². The predicted octanol–water partition coefficient (Wildman–Crippen LogP) is 14.5. The molecule has 0 unspecified atom stereocenters. The van der Waals surface area contributed by atoms with Crippen molar-refractivity contribution in [2.45, 2.75) is 5.41 Å². The number of fused-ring (bicyclic) bond motifs is 6. The fourth-order valence-electron chi connectivity index (χ4n) is 9.53. The third-order valence-corrected chi connectivity index (χ3v) is 12.4. The van der Waals surface area contributed by atoms with Gasteiger partial charge in [0.25, 0.3) is 0 Å². The Hall–Kier alpha value is -8.21. The Morgan fingerprint density at radius 2 is 0.726 bits per heavy atom. The molecule has 0 saturated carbocycles. The smallest absolute Gasteiger partial charge is 0.164 e. The molecular formula is C58H37N3O. The van der Waals surface area contributed by atoms with Crippen molar-refractivity contribution < 1.29 is 4.42 Å². The minimum Gasteiger partial charge on any atom is -0.456 e. The van der Waals surface area contributed by atoms with Crippen LogP contribution in [0.2, 0.25) is 0 Å². The summed E-state index contributed by atoms with van der Waals surface area (Å²) in [5, 5.41) is 2.19. The molecule has 0 atom stereocenters. The zero-order valence-electron chi connectivity index (χ0n) is 33.6. The highest BCUT2D eigenvalue weighted by atomic mass is 16.3. The Morgan fingerprint density at radius 1 is 0.290 bits per heavy atom. The van der Waals surface area contributed by atoms with Crippen LogP contribution in [0.1, 0.15) is 22.3 Å². The lowest BCUT2D eigenvalue weighted by atomic mass is 9.67. The number of nitrogens with zero attached hydrogens (tertiary/aromatic N) is 3. The van der Waals surface area contributed by atoms with Crippen molar-refractivity contribution >= 4 is 21.9 Å². The standard InChI is InChI=1S/C58H37N3O/c1-4-15-38(16-5-1)42-19-14-20-44(35-42)57-60-55(40-17-6-2-7-18-40)59-56(61-57)41-29-27-39(28-30-41)43-31-33-49-50-34-32-46(37-54(50)62-53(49)36-43)58(45-21-8-3-9-22-45)51-25-12-10-23-47(51)48-24-11-13-26-52(48)58/h1-37H. The molecule has 1 aliphatic carbocycles. The number of benzene rings is 9. The van der Waals surface area contributed by atoms with Crippen LogP contribution in [0.25, 0.3) is 89.5 Å². The van der Waals surface area contributed by atoms with Crippen molar-refractivity contribution in [2.75, 3.05) is 0 Å². The Morgan fingerprint density at radius 3 is 1.39 bits per heavy atom. The summed E-state index contributed by atoms with van der Waals surface area (Å²) in [6, 6.07) is 79.2. The summed E-state index contributed by atoms with van der Waals surface area (Å²) in [6.45, 7) is 0. The van der Waals surface area contributed by atoms with Gasteiger partial charge in [0.15, 0.2) is 17.5 Å². The van der Waals surface area contributed by atoms with E-state index in [0.717, 1.165) is 60.9 Å². The SMILES string of the molecule is c1ccc(-c2cccc(-c3nc(-c4ccccc4)nc(-c4ccc(-c5ccc6c(c5)oc5cc(C7(c8ccccc8)c8ccccc8-c8ccccc87)ccc56)cc4)n3)c2)cc1. The van der Waals surface area contributed by atoms with Gasteiger partial charge in [0.2, 0.25) is 0 Å². The van der Waals surface area contributed by atoms with E-state index in [0.29, 0.717) is 17.5 Å². The molecule has 0 bridgehead atoms. The lowest BCUT2D eigenvalue weighted by Gasteiger charge is -2.33. The molecule has 0 spiro atoms. The zero-order valence-corrected chi connectivity index (χ0v) is 33.6. The van der Waals surface area contributed by atoms with Crippen molar-refractivity contribution in [3.05, 3.63) is 247 Å².